The zero-order valence-corrected chi connectivity index (χ0v) is 13.5. The number of carbonyl (C=O) groups excluding carboxylic acids is 1. The molecule has 0 saturated carbocycles. The van der Waals surface area contributed by atoms with Crippen LogP contribution < -0.4 is 5.32 Å². The highest BCUT2D eigenvalue weighted by atomic mass is 16.1. The number of nitrogens with one attached hydrogen (secondary N) is 1. The SMILES string of the molecule is Cn1cc(C(=O)NCC2CCN(Cc3ccccn3)CC2)cn1. The van der Waals surface area contributed by atoms with E-state index >= 15 is 0 Å². The molecule has 0 bridgehead atoms. The molecule has 1 aliphatic rings. The minimum absolute atomic E-state index is 0.0333. The lowest BCUT2D eigenvalue weighted by molar-refractivity contribution is 0.0935. The average Bonchev–Trinajstić information content (AvgIpc) is 3.01. The van der Waals surface area contributed by atoms with Gasteiger partial charge in [-0.05, 0) is 44.0 Å². The number of amides is 1. The molecule has 0 radical (unpaired) electrons. The number of hydrogen-bond donors (Lipinski definition) is 1. The van der Waals surface area contributed by atoms with Crippen molar-refractivity contribution < 1.29 is 4.79 Å². The largest absolute Gasteiger partial charge is 0.352 e. The van der Waals surface area contributed by atoms with Crippen molar-refractivity contribution in [2.45, 2.75) is 19.4 Å². The van der Waals surface area contributed by atoms with E-state index < -0.39 is 0 Å². The van der Waals surface area contributed by atoms with E-state index in [0.29, 0.717) is 11.5 Å². The quantitative estimate of drug-likeness (QED) is 0.908. The Morgan fingerprint density at radius 1 is 1.35 bits per heavy atom. The lowest BCUT2D eigenvalue weighted by Crippen LogP contribution is -2.38. The van der Waals surface area contributed by atoms with Crippen LogP contribution in [0.2, 0.25) is 0 Å². The van der Waals surface area contributed by atoms with Gasteiger partial charge in [-0.25, -0.2) is 0 Å². The van der Waals surface area contributed by atoms with Gasteiger partial charge in [0.15, 0.2) is 0 Å². The number of pyridine rings is 1. The number of rotatable bonds is 5. The zero-order valence-electron chi connectivity index (χ0n) is 13.5. The first kappa shape index (κ1) is 15.7. The van der Waals surface area contributed by atoms with Gasteiger partial charge in [-0.3, -0.25) is 19.4 Å². The van der Waals surface area contributed by atoms with Crippen molar-refractivity contribution in [2.75, 3.05) is 19.6 Å². The summed E-state index contributed by atoms with van der Waals surface area (Å²) < 4.78 is 1.64. The van der Waals surface area contributed by atoms with Crippen molar-refractivity contribution in [3.8, 4) is 0 Å². The summed E-state index contributed by atoms with van der Waals surface area (Å²) in [6.45, 7) is 3.77. The first-order chi connectivity index (χ1) is 11.2. The molecule has 1 aliphatic heterocycles. The molecule has 0 aliphatic carbocycles. The van der Waals surface area contributed by atoms with Crippen LogP contribution in [-0.2, 0) is 13.6 Å². The van der Waals surface area contributed by atoms with Crippen LogP contribution in [0, 0.1) is 5.92 Å². The van der Waals surface area contributed by atoms with Crippen molar-refractivity contribution >= 4 is 5.91 Å². The van der Waals surface area contributed by atoms with Crippen LogP contribution >= 0.6 is 0 Å². The molecule has 2 aromatic rings. The third kappa shape index (κ3) is 4.39. The van der Waals surface area contributed by atoms with Gasteiger partial charge in [0.25, 0.3) is 5.91 Å². The average molecular weight is 313 g/mol. The molecule has 0 aromatic carbocycles. The van der Waals surface area contributed by atoms with Crippen molar-refractivity contribution in [1.82, 2.24) is 25.0 Å². The maximum absolute atomic E-state index is 12.0. The van der Waals surface area contributed by atoms with Gasteiger partial charge in [-0.15, -0.1) is 0 Å². The van der Waals surface area contributed by atoms with Crippen LogP contribution in [0.15, 0.2) is 36.8 Å². The number of piperidine rings is 1. The van der Waals surface area contributed by atoms with E-state index in [-0.39, 0.29) is 5.91 Å². The minimum atomic E-state index is -0.0333. The maximum Gasteiger partial charge on any atom is 0.254 e. The van der Waals surface area contributed by atoms with E-state index in [1.54, 1.807) is 17.1 Å². The normalized spacial score (nSPS) is 16.4. The molecule has 0 atom stereocenters. The van der Waals surface area contributed by atoms with Crippen molar-refractivity contribution in [2.24, 2.45) is 13.0 Å². The Morgan fingerprint density at radius 3 is 2.83 bits per heavy atom. The molecule has 1 N–H and O–H groups in total. The van der Waals surface area contributed by atoms with E-state index in [1.165, 1.54) is 0 Å². The Bertz CT molecular complexity index is 631. The number of carbonyl (C=O) groups is 1. The monoisotopic (exact) mass is 313 g/mol. The molecular weight excluding hydrogens is 290 g/mol. The first-order valence-electron chi connectivity index (χ1n) is 8.10. The summed E-state index contributed by atoms with van der Waals surface area (Å²) in [7, 11) is 1.81. The van der Waals surface area contributed by atoms with Gasteiger partial charge in [0.1, 0.15) is 0 Å². The van der Waals surface area contributed by atoms with Crippen LogP contribution in [0.25, 0.3) is 0 Å². The molecule has 0 unspecified atom stereocenters. The number of aromatic nitrogens is 3. The van der Waals surface area contributed by atoms with Crippen LogP contribution in [0.5, 0.6) is 0 Å². The van der Waals surface area contributed by atoms with E-state index in [2.05, 4.69) is 26.4 Å². The highest BCUT2D eigenvalue weighted by Gasteiger charge is 2.20. The molecule has 6 heteroatoms. The molecule has 3 heterocycles. The molecule has 2 aromatic heterocycles. The van der Waals surface area contributed by atoms with E-state index in [4.69, 9.17) is 0 Å². The van der Waals surface area contributed by atoms with Crippen LogP contribution in [0.1, 0.15) is 28.9 Å². The van der Waals surface area contributed by atoms with Crippen molar-refractivity contribution in [1.29, 1.82) is 0 Å². The highest BCUT2D eigenvalue weighted by Crippen LogP contribution is 2.18. The van der Waals surface area contributed by atoms with Gasteiger partial charge in [0, 0.05) is 32.5 Å². The number of likely N-dealkylation sites (tertiary alicyclic amines) is 1. The minimum Gasteiger partial charge on any atom is -0.352 e. The predicted octanol–water partition coefficient (Wildman–Crippen LogP) is 1.46. The van der Waals surface area contributed by atoms with Crippen molar-refractivity contribution in [3.05, 3.63) is 48.0 Å². The first-order valence-corrected chi connectivity index (χ1v) is 8.10. The zero-order chi connectivity index (χ0) is 16.1. The fraction of sp³-hybridized carbons (Fsp3) is 0.471. The van der Waals surface area contributed by atoms with Gasteiger partial charge < -0.3 is 5.32 Å². The second-order valence-corrected chi connectivity index (χ2v) is 6.15. The Labute approximate surface area is 136 Å². The predicted molar refractivity (Wildman–Crippen MR) is 87.8 cm³/mol. The molecule has 3 rings (SSSR count). The van der Waals surface area contributed by atoms with Gasteiger partial charge in [0.05, 0.1) is 17.5 Å². The Kier molecular flexibility index (Phi) is 5.02. The van der Waals surface area contributed by atoms with Crippen LogP contribution in [-0.4, -0.2) is 45.2 Å². The molecule has 122 valence electrons. The van der Waals surface area contributed by atoms with Gasteiger partial charge in [-0.2, -0.15) is 5.10 Å². The third-order valence-electron chi connectivity index (χ3n) is 4.34. The molecule has 0 spiro atoms. The Balaban J connectivity index is 1.40. The molecule has 6 nitrogen and oxygen atoms in total. The van der Waals surface area contributed by atoms with Crippen LogP contribution in [0.4, 0.5) is 0 Å². The summed E-state index contributed by atoms with van der Waals surface area (Å²) >= 11 is 0. The van der Waals surface area contributed by atoms with E-state index in [9.17, 15) is 4.79 Å². The summed E-state index contributed by atoms with van der Waals surface area (Å²) in [4.78, 5) is 18.8. The molecule has 1 fully saturated rings. The smallest absolute Gasteiger partial charge is 0.254 e. The number of aryl methyl sites for hydroxylation is 1. The lowest BCUT2D eigenvalue weighted by atomic mass is 9.96. The second kappa shape index (κ2) is 7.37. The summed E-state index contributed by atoms with van der Waals surface area (Å²) in [5.74, 6) is 0.518. The summed E-state index contributed by atoms with van der Waals surface area (Å²) in [5.41, 5.74) is 1.75. The van der Waals surface area contributed by atoms with Gasteiger partial charge >= 0.3 is 0 Å². The summed E-state index contributed by atoms with van der Waals surface area (Å²) in [6, 6.07) is 6.05. The third-order valence-corrected chi connectivity index (χ3v) is 4.34. The van der Waals surface area contributed by atoms with E-state index in [1.807, 2.05) is 25.4 Å². The van der Waals surface area contributed by atoms with Crippen LogP contribution in [0.3, 0.4) is 0 Å². The molecular formula is C17H23N5O. The fourth-order valence-corrected chi connectivity index (χ4v) is 2.95. The fourth-order valence-electron chi connectivity index (χ4n) is 2.95. The summed E-state index contributed by atoms with van der Waals surface area (Å²) in [6.07, 6.45) is 7.41. The topological polar surface area (TPSA) is 63.1 Å². The maximum atomic E-state index is 12.0. The van der Waals surface area contributed by atoms with Gasteiger partial charge in [0.2, 0.25) is 0 Å². The summed E-state index contributed by atoms with van der Waals surface area (Å²) in [5, 5.41) is 7.05. The molecule has 23 heavy (non-hydrogen) atoms. The molecule has 1 amide bonds. The highest BCUT2D eigenvalue weighted by molar-refractivity contribution is 5.93. The Hall–Kier alpha value is -2.21. The van der Waals surface area contributed by atoms with Crippen molar-refractivity contribution in [3.63, 3.8) is 0 Å². The van der Waals surface area contributed by atoms with Gasteiger partial charge in [-0.1, -0.05) is 6.07 Å². The Morgan fingerprint density at radius 2 is 2.17 bits per heavy atom. The number of hydrogen-bond acceptors (Lipinski definition) is 4. The lowest BCUT2D eigenvalue weighted by Gasteiger charge is -2.31. The standard InChI is InChI=1S/C17H23N5O/c1-21-12-15(11-20-21)17(23)19-10-14-5-8-22(9-6-14)13-16-4-2-3-7-18-16/h2-4,7,11-12,14H,5-6,8-10,13H2,1H3,(H,19,23). The van der Waals surface area contributed by atoms with E-state index in [0.717, 1.165) is 44.7 Å². The molecule has 1 saturated heterocycles. The number of nitrogens with zero attached hydrogens (tertiary/aromatic N) is 4. The second-order valence-electron chi connectivity index (χ2n) is 6.15.